The highest BCUT2D eigenvalue weighted by Crippen LogP contribution is 2.28. The highest BCUT2D eigenvalue weighted by atomic mass is 16.3. The fraction of sp³-hybridized carbons (Fsp3) is 0.421. The van der Waals surface area contributed by atoms with E-state index < -0.39 is 6.10 Å². The molecule has 2 aromatic heterocycles. The van der Waals surface area contributed by atoms with Crippen LogP contribution >= 0.6 is 0 Å². The average molecular weight is 325 g/mol. The van der Waals surface area contributed by atoms with Gasteiger partial charge in [0.15, 0.2) is 0 Å². The van der Waals surface area contributed by atoms with Crippen molar-refractivity contribution in [2.75, 3.05) is 6.54 Å². The van der Waals surface area contributed by atoms with Gasteiger partial charge in [-0.3, -0.25) is 9.58 Å². The number of nitrogens with zero attached hydrogens (tertiary/aromatic N) is 3. The van der Waals surface area contributed by atoms with Crippen LogP contribution in [0.15, 0.2) is 28.7 Å². The maximum atomic E-state index is 9.71. The molecule has 4 rings (SSSR count). The Kier molecular flexibility index (Phi) is 3.70. The summed E-state index contributed by atoms with van der Waals surface area (Å²) >= 11 is 0. The van der Waals surface area contributed by atoms with Gasteiger partial charge in [-0.25, -0.2) is 0 Å². The SMILES string of the molecule is Cc1ccc2oc(CN3CCn4nc([C@@H](C)O)cc4C3)c(C)c2c1. The van der Waals surface area contributed by atoms with Gasteiger partial charge in [-0.1, -0.05) is 11.6 Å². The first kappa shape index (κ1) is 15.4. The van der Waals surface area contributed by atoms with Gasteiger partial charge < -0.3 is 9.52 Å². The van der Waals surface area contributed by atoms with Gasteiger partial charge in [0.1, 0.15) is 11.3 Å². The first-order valence-corrected chi connectivity index (χ1v) is 8.47. The fourth-order valence-corrected chi connectivity index (χ4v) is 3.42. The van der Waals surface area contributed by atoms with Crippen molar-refractivity contribution in [3.63, 3.8) is 0 Å². The van der Waals surface area contributed by atoms with E-state index in [1.807, 2.05) is 10.7 Å². The van der Waals surface area contributed by atoms with E-state index in [0.717, 1.165) is 48.9 Å². The zero-order valence-electron chi connectivity index (χ0n) is 14.4. The Morgan fingerprint density at radius 3 is 2.88 bits per heavy atom. The number of aliphatic hydroxyl groups is 1. The second-order valence-electron chi connectivity index (χ2n) is 6.82. The molecule has 24 heavy (non-hydrogen) atoms. The van der Waals surface area contributed by atoms with Crippen LogP contribution in [0.2, 0.25) is 0 Å². The molecule has 5 heteroatoms. The lowest BCUT2D eigenvalue weighted by molar-refractivity contribution is 0.185. The molecule has 0 aliphatic carbocycles. The predicted octanol–water partition coefficient (Wildman–Crippen LogP) is 3.32. The lowest BCUT2D eigenvalue weighted by Crippen LogP contribution is -2.33. The molecule has 0 amide bonds. The number of fused-ring (bicyclic) bond motifs is 2. The Morgan fingerprint density at radius 2 is 2.08 bits per heavy atom. The van der Waals surface area contributed by atoms with Crippen molar-refractivity contribution >= 4 is 11.0 Å². The summed E-state index contributed by atoms with van der Waals surface area (Å²) in [5, 5.41) is 15.4. The molecule has 1 aliphatic rings. The van der Waals surface area contributed by atoms with Crippen LogP contribution in [0.25, 0.3) is 11.0 Å². The van der Waals surface area contributed by atoms with E-state index in [4.69, 9.17) is 4.42 Å². The van der Waals surface area contributed by atoms with E-state index in [1.165, 1.54) is 16.5 Å². The summed E-state index contributed by atoms with van der Waals surface area (Å²) in [6.45, 7) is 9.41. The topological polar surface area (TPSA) is 54.4 Å². The number of hydrogen-bond donors (Lipinski definition) is 1. The summed E-state index contributed by atoms with van der Waals surface area (Å²) < 4.78 is 8.09. The van der Waals surface area contributed by atoms with Crippen LogP contribution in [0.5, 0.6) is 0 Å². The second-order valence-corrected chi connectivity index (χ2v) is 6.82. The summed E-state index contributed by atoms with van der Waals surface area (Å²) in [5.74, 6) is 1.04. The molecule has 3 heterocycles. The van der Waals surface area contributed by atoms with Gasteiger partial charge in [-0.05, 0) is 44.5 Å². The van der Waals surface area contributed by atoms with Gasteiger partial charge in [0.05, 0.1) is 30.6 Å². The number of hydrogen-bond acceptors (Lipinski definition) is 4. The molecule has 126 valence electrons. The molecule has 1 N–H and O–H groups in total. The first-order valence-electron chi connectivity index (χ1n) is 8.47. The molecule has 0 unspecified atom stereocenters. The van der Waals surface area contributed by atoms with Crippen LogP contribution in [-0.4, -0.2) is 26.3 Å². The average Bonchev–Trinajstić information content (AvgIpc) is 3.10. The standard InChI is InChI=1S/C19H23N3O2/c1-12-4-5-18-16(8-12)13(2)19(24-18)11-21-6-7-22-15(10-21)9-17(20-22)14(3)23/h4-5,8-9,14,23H,6-7,10-11H2,1-3H3/t14-/m1/s1. The van der Waals surface area contributed by atoms with Crippen molar-refractivity contribution in [2.24, 2.45) is 0 Å². The molecule has 5 nitrogen and oxygen atoms in total. The Balaban J connectivity index is 1.57. The summed E-state index contributed by atoms with van der Waals surface area (Å²) in [6.07, 6.45) is -0.516. The second kappa shape index (κ2) is 5.76. The number of rotatable bonds is 3. The van der Waals surface area contributed by atoms with Crippen molar-refractivity contribution in [2.45, 2.75) is 46.5 Å². The Bertz CT molecular complexity index is 892. The Hall–Kier alpha value is -2.11. The van der Waals surface area contributed by atoms with Crippen LogP contribution in [0.1, 0.15) is 41.3 Å². The van der Waals surface area contributed by atoms with Crippen LogP contribution in [0.3, 0.4) is 0 Å². The molecular weight excluding hydrogens is 302 g/mol. The van der Waals surface area contributed by atoms with E-state index in [2.05, 4.69) is 42.0 Å². The van der Waals surface area contributed by atoms with Crippen LogP contribution in [0.4, 0.5) is 0 Å². The monoisotopic (exact) mass is 325 g/mol. The van der Waals surface area contributed by atoms with Crippen molar-refractivity contribution in [1.29, 1.82) is 0 Å². The van der Waals surface area contributed by atoms with Crippen LogP contribution in [-0.2, 0) is 19.6 Å². The fourth-order valence-electron chi connectivity index (χ4n) is 3.42. The normalized spacial score (nSPS) is 16.5. The molecular formula is C19H23N3O2. The van der Waals surface area contributed by atoms with E-state index in [9.17, 15) is 5.11 Å². The lowest BCUT2D eigenvalue weighted by atomic mass is 10.1. The quantitative estimate of drug-likeness (QED) is 0.802. The molecule has 1 aromatic carbocycles. The zero-order valence-corrected chi connectivity index (χ0v) is 14.4. The molecule has 0 fully saturated rings. The third kappa shape index (κ3) is 2.64. The number of furan rings is 1. The third-order valence-corrected chi connectivity index (χ3v) is 4.88. The minimum Gasteiger partial charge on any atom is -0.459 e. The summed E-state index contributed by atoms with van der Waals surface area (Å²) in [6, 6.07) is 8.34. The van der Waals surface area contributed by atoms with Crippen molar-refractivity contribution in [3.05, 3.63) is 52.5 Å². The van der Waals surface area contributed by atoms with E-state index >= 15 is 0 Å². The van der Waals surface area contributed by atoms with Crippen molar-refractivity contribution in [3.8, 4) is 0 Å². The number of aromatic nitrogens is 2. The predicted molar refractivity (Wildman–Crippen MR) is 92.7 cm³/mol. The zero-order chi connectivity index (χ0) is 16.8. The van der Waals surface area contributed by atoms with Crippen LogP contribution in [0, 0.1) is 13.8 Å². The third-order valence-electron chi connectivity index (χ3n) is 4.88. The molecule has 1 atom stereocenters. The molecule has 1 aliphatic heterocycles. The molecule has 0 bridgehead atoms. The van der Waals surface area contributed by atoms with E-state index in [-0.39, 0.29) is 0 Å². The van der Waals surface area contributed by atoms with Gasteiger partial charge in [0, 0.05) is 18.5 Å². The minimum absolute atomic E-state index is 0.516. The molecule has 3 aromatic rings. The van der Waals surface area contributed by atoms with Crippen molar-refractivity contribution in [1.82, 2.24) is 14.7 Å². The largest absolute Gasteiger partial charge is 0.459 e. The van der Waals surface area contributed by atoms with Crippen molar-refractivity contribution < 1.29 is 9.52 Å². The number of benzene rings is 1. The van der Waals surface area contributed by atoms with Gasteiger partial charge in [0.2, 0.25) is 0 Å². The highest BCUT2D eigenvalue weighted by molar-refractivity contribution is 5.82. The lowest BCUT2D eigenvalue weighted by Gasteiger charge is -2.26. The molecule has 0 radical (unpaired) electrons. The maximum absolute atomic E-state index is 9.71. The Morgan fingerprint density at radius 1 is 1.25 bits per heavy atom. The molecule has 0 spiro atoms. The van der Waals surface area contributed by atoms with Gasteiger partial charge >= 0.3 is 0 Å². The smallest absolute Gasteiger partial charge is 0.134 e. The Labute approximate surface area is 141 Å². The van der Waals surface area contributed by atoms with Gasteiger partial charge in [0.25, 0.3) is 0 Å². The van der Waals surface area contributed by atoms with E-state index in [1.54, 1.807) is 6.92 Å². The molecule has 0 saturated heterocycles. The van der Waals surface area contributed by atoms with Gasteiger partial charge in [-0.2, -0.15) is 5.10 Å². The molecule has 0 saturated carbocycles. The maximum Gasteiger partial charge on any atom is 0.134 e. The summed E-state index contributed by atoms with van der Waals surface area (Å²) in [7, 11) is 0. The van der Waals surface area contributed by atoms with Gasteiger partial charge in [-0.15, -0.1) is 0 Å². The minimum atomic E-state index is -0.516. The van der Waals surface area contributed by atoms with E-state index in [0.29, 0.717) is 0 Å². The first-order chi connectivity index (χ1) is 11.5. The van der Waals surface area contributed by atoms with Crippen LogP contribution < -0.4 is 0 Å². The highest BCUT2D eigenvalue weighted by Gasteiger charge is 2.22. The number of aryl methyl sites for hydroxylation is 2. The number of aliphatic hydroxyl groups excluding tert-OH is 1. The summed E-state index contributed by atoms with van der Waals surface area (Å²) in [4.78, 5) is 2.38. The summed E-state index contributed by atoms with van der Waals surface area (Å²) in [5.41, 5.74) is 5.36.